The van der Waals surface area contributed by atoms with Gasteiger partial charge >= 0.3 is 0 Å². The number of rotatable bonds is 6. The first-order valence-electron chi connectivity index (χ1n) is 10.2. The Labute approximate surface area is 189 Å². The molecule has 8 nitrogen and oxygen atoms in total. The standard InChI is InChI=1S/C24H20FN7O/c1-14(31-23-19(11-26)22(27)29-13-30-23)21-18(10-16-9-17(25)7-8-20(16)32-21)24(33)28-12-15-5-3-2-4-6-15/h2-10,13-14H,12H2,1H3,(H,28,33)(H3,27,29,30,31). The van der Waals surface area contributed by atoms with Gasteiger partial charge in [0.25, 0.3) is 5.91 Å². The summed E-state index contributed by atoms with van der Waals surface area (Å²) in [5, 5.41) is 15.9. The van der Waals surface area contributed by atoms with E-state index >= 15 is 0 Å². The van der Waals surface area contributed by atoms with Crippen molar-refractivity contribution in [3.05, 3.63) is 89.1 Å². The summed E-state index contributed by atoms with van der Waals surface area (Å²) < 4.78 is 13.8. The Morgan fingerprint density at radius 3 is 2.73 bits per heavy atom. The molecule has 4 N–H and O–H groups in total. The fourth-order valence-electron chi connectivity index (χ4n) is 3.44. The molecule has 1 unspecified atom stereocenters. The monoisotopic (exact) mass is 441 g/mol. The minimum atomic E-state index is -0.529. The van der Waals surface area contributed by atoms with Gasteiger partial charge in [-0.1, -0.05) is 30.3 Å². The van der Waals surface area contributed by atoms with Crippen molar-refractivity contribution >= 4 is 28.4 Å². The summed E-state index contributed by atoms with van der Waals surface area (Å²) in [6.45, 7) is 2.11. The Balaban J connectivity index is 1.71. The molecule has 0 bridgehead atoms. The number of aromatic nitrogens is 3. The fourth-order valence-corrected chi connectivity index (χ4v) is 3.44. The molecule has 0 aliphatic carbocycles. The number of nitrogen functional groups attached to an aromatic ring is 1. The number of pyridine rings is 1. The molecular weight excluding hydrogens is 421 g/mol. The number of fused-ring (bicyclic) bond motifs is 1. The van der Waals surface area contributed by atoms with Crippen molar-refractivity contribution in [1.82, 2.24) is 20.3 Å². The lowest BCUT2D eigenvalue weighted by molar-refractivity contribution is 0.0949. The number of amides is 1. The molecule has 9 heteroatoms. The largest absolute Gasteiger partial charge is 0.382 e. The van der Waals surface area contributed by atoms with Crippen molar-refractivity contribution in [1.29, 1.82) is 5.26 Å². The summed E-state index contributed by atoms with van der Waals surface area (Å²) in [5.74, 6) is -0.503. The number of benzene rings is 2. The van der Waals surface area contributed by atoms with Crippen molar-refractivity contribution in [2.45, 2.75) is 19.5 Å². The number of carbonyl (C=O) groups is 1. The molecule has 0 aliphatic rings. The molecule has 0 fully saturated rings. The molecule has 33 heavy (non-hydrogen) atoms. The lowest BCUT2D eigenvalue weighted by Gasteiger charge is -2.19. The minimum absolute atomic E-state index is 0.0463. The quantitative estimate of drug-likeness (QED) is 0.416. The van der Waals surface area contributed by atoms with E-state index in [9.17, 15) is 14.4 Å². The topological polar surface area (TPSA) is 130 Å². The highest BCUT2D eigenvalue weighted by atomic mass is 19.1. The van der Waals surface area contributed by atoms with Crippen molar-refractivity contribution in [2.75, 3.05) is 11.1 Å². The summed E-state index contributed by atoms with van der Waals surface area (Å²) in [7, 11) is 0. The van der Waals surface area contributed by atoms with E-state index in [-0.39, 0.29) is 28.7 Å². The van der Waals surface area contributed by atoms with Crippen LogP contribution in [0.25, 0.3) is 10.9 Å². The molecule has 4 rings (SSSR count). The number of nitrogens with two attached hydrogens (primary N) is 1. The molecule has 2 aromatic carbocycles. The number of nitrogens with zero attached hydrogens (tertiary/aromatic N) is 4. The normalized spacial score (nSPS) is 11.5. The van der Waals surface area contributed by atoms with Crippen molar-refractivity contribution < 1.29 is 9.18 Å². The van der Waals surface area contributed by atoms with E-state index in [2.05, 4.69) is 25.6 Å². The van der Waals surface area contributed by atoms with E-state index in [0.717, 1.165) is 5.56 Å². The first-order valence-corrected chi connectivity index (χ1v) is 10.2. The summed E-state index contributed by atoms with van der Waals surface area (Å²) in [5.41, 5.74) is 8.05. The maximum Gasteiger partial charge on any atom is 0.253 e. The van der Waals surface area contributed by atoms with Crippen LogP contribution >= 0.6 is 0 Å². The molecule has 0 aliphatic heterocycles. The van der Waals surface area contributed by atoms with Crippen molar-refractivity contribution in [2.24, 2.45) is 0 Å². The molecule has 0 radical (unpaired) electrons. The molecule has 1 amide bonds. The third-order valence-electron chi connectivity index (χ3n) is 5.10. The second-order valence-electron chi connectivity index (χ2n) is 7.39. The van der Waals surface area contributed by atoms with Gasteiger partial charge in [-0.15, -0.1) is 0 Å². The Kier molecular flexibility index (Phi) is 6.09. The zero-order chi connectivity index (χ0) is 23.4. The smallest absolute Gasteiger partial charge is 0.253 e. The highest BCUT2D eigenvalue weighted by Gasteiger charge is 2.21. The molecule has 1 atom stereocenters. The second kappa shape index (κ2) is 9.28. The Morgan fingerprint density at radius 1 is 1.18 bits per heavy atom. The minimum Gasteiger partial charge on any atom is -0.382 e. The van der Waals surface area contributed by atoms with Crippen LogP contribution in [0.3, 0.4) is 0 Å². The van der Waals surface area contributed by atoms with Crippen LogP contribution in [-0.2, 0) is 6.54 Å². The molecule has 0 spiro atoms. The Bertz CT molecular complexity index is 1370. The average molecular weight is 441 g/mol. The first-order chi connectivity index (χ1) is 16.0. The van der Waals surface area contributed by atoms with Crippen molar-refractivity contribution in [3.8, 4) is 6.07 Å². The Morgan fingerprint density at radius 2 is 1.97 bits per heavy atom. The zero-order valence-electron chi connectivity index (χ0n) is 17.7. The summed E-state index contributed by atoms with van der Waals surface area (Å²) in [4.78, 5) is 25.7. The number of nitrogens with one attached hydrogen (secondary N) is 2. The second-order valence-corrected chi connectivity index (χ2v) is 7.39. The van der Waals surface area contributed by atoms with Gasteiger partial charge in [0.15, 0.2) is 0 Å². The SMILES string of the molecule is CC(Nc1ncnc(N)c1C#N)c1nc2ccc(F)cc2cc1C(=O)NCc1ccccc1. The van der Waals surface area contributed by atoms with Gasteiger partial charge in [0.2, 0.25) is 0 Å². The number of hydrogen-bond acceptors (Lipinski definition) is 7. The van der Waals surface area contributed by atoms with Gasteiger partial charge in [0.05, 0.1) is 22.8 Å². The van der Waals surface area contributed by atoms with E-state index in [4.69, 9.17) is 5.73 Å². The van der Waals surface area contributed by atoms with Gasteiger partial charge in [0, 0.05) is 11.9 Å². The van der Waals surface area contributed by atoms with Gasteiger partial charge in [-0.3, -0.25) is 4.79 Å². The predicted molar refractivity (Wildman–Crippen MR) is 123 cm³/mol. The lowest BCUT2D eigenvalue weighted by atomic mass is 10.0. The number of anilines is 2. The van der Waals surface area contributed by atoms with Crippen molar-refractivity contribution in [3.63, 3.8) is 0 Å². The number of carbonyl (C=O) groups excluding carboxylic acids is 1. The van der Waals surface area contributed by atoms with E-state index in [1.807, 2.05) is 36.4 Å². The summed E-state index contributed by atoms with van der Waals surface area (Å²) in [6, 6.07) is 16.7. The summed E-state index contributed by atoms with van der Waals surface area (Å²) >= 11 is 0. The fraction of sp³-hybridized carbons (Fsp3) is 0.125. The van der Waals surface area contributed by atoms with Gasteiger partial charge in [-0.2, -0.15) is 5.26 Å². The molecule has 2 heterocycles. The van der Waals surface area contributed by atoms with Gasteiger partial charge < -0.3 is 16.4 Å². The third-order valence-corrected chi connectivity index (χ3v) is 5.10. The zero-order valence-corrected chi connectivity index (χ0v) is 17.7. The maximum absolute atomic E-state index is 13.8. The molecule has 4 aromatic rings. The molecule has 164 valence electrons. The van der Waals surface area contributed by atoms with E-state index in [1.54, 1.807) is 19.1 Å². The van der Waals surface area contributed by atoms with Gasteiger partial charge in [-0.25, -0.2) is 19.3 Å². The van der Waals surface area contributed by atoms with Crippen LogP contribution in [0.5, 0.6) is 0 Å². The lowest BCUT2D eigenvalue weighted by Crippen LogP contribution is -2.26. The van der Waals surface area contributed by atoms with Gasteiger partial charge in [0.1, 0.15) is 35.4 Å². The van der Waals surface area contributed by atoms with Crippen LogP contribution in [0.4, 0.5) is 16.0 Å². The van der Waals surface area contributed by atoms with E-state index in [1.165, 1.54) is 18.5 Å². The number of hydrogen-bond donors (Lipinski definition) is 3. The molecule has 0 saturated heterocycles. The van der Waals surface area contributed by atoms with Crippen LogP contribution in [0.1, 0.15) is 40.1 Å². The molecule has 0 saturated carbocycles. The van der Waals surface area contributed by atoms with Crippen LogP contribution in [0, 0.1) is 17.1 Å². The number of nitriles is 1. The van der Waals surface area contributed by atoms with Crippen LogP contribution in [-0.4, -0.2) is 20.9 Å². The average Bonchev–Trinajstić information content (AvgIpc) is 2.82. The van der Waals surface area contributed by atoms with Crippen LogP contribution in [0.2, 0.25) is 0 Å². The highest BCUT2D eigenvalue weighted by molar-refractivity contribution is 5.99. The number of halogens is 1. The predicted octanol–water partition coefficient (Wildman–Crippen LogP) is 3.72. The first kappa shape index (κ1) is 21.6. The third kappa shape index (κ3) is 4.70. The highest BCUT2D eigenvalue weighted by Crippen LogP contribution is 2.26. The van der Waals surface area contributed by atoms with Crippen LogP contribution < -0.4 is 16.4 Å². The maximum atomic E-state index is 13.8. The van der Waals surface area contributed by atoms with Crippen LogP contribution in [0.15, 0.2) is 60.9 Å². The molecule has 2 aromatic heterocycles. The van der Waals surface area contributed by atoms with E-state index < -0.39 is 11.9 Å². The molecular formula is C24H20FN7O. The summed E-state index contributed by atoms with van der Waals surface area (Å²) in [6.07, 6.45) is 1.25. The van der Waals surface area contributed by atoms with Gasteiger partial charge in [-0.05, 0) is 36.8 Å². The Hall–Kier alpha value is -4.58. The van der Waals surface area contributed by atoms with E-state index in [0.29, 0.717) is 23.1 Å².